The van der Waals surface area contributed by atoms with Crippen molar-refractivity contribution in [1.82, 2.24) is 0 Å². The van der Waals surface area contributed by atoms with Crippen LogP contribution in [0.4, 0.5) is 0 Å². The van der Waals surface area contributed by atoms with Gasteiger partial charge in [0, 0.05) is 0 Å². The molecule has 4 aromatic carbocycles. The van der Waals surface area contributed by atoms with Crippen molar-refractivity contribution < 1.29 is 16.5 Å². The van der Waals surface area contributed by atoms with Crippen LogP contribution in [0.3, 0.4) is 0 Å². The van der Waals surface area contributed by atoms with Crippen LogP contribution in [0.2, 0.25) is 26.2 Å². The third kappa shape index (κ3) is 6.34. The lowest BCUT2D eigenvalue weighted by Gasteiger charge is -2.50. The monoisotopic (exact) mass is 648 g/mol. The second-order valence-electron chi connectivity index (χ2n) is 11.5. The van der Waals surface area contributed by atoms with Crippen LogP contribution in [0, 0.1) is 0 Å². The molecule has 0 bridgehead atoms. The fraction of sp³-hybridized carbons (Fsp3) is 0.111. The first-order valence-electron chi connectivity index (χ1n) is 14.7. The molecule has 0 saturated carbocycles. The van der Waals surface area contributed by atoms with Crippen LogP contribution in [0.1, 0.15) is 22.3 Å². The van der Waals surface area contributed by atoms with Crippen molar-refractivity contribution in [3.05, 3.63) is 146 Å². The van der Waals surface area contributed by atoms with Gasteiger partial charge in [0.1, 0.15) is 0 Å². The molecule has 0 amide bonds. The van der Waals surface area contributed by atoms with E-state index in [2.05, 4.69) is 150 Å². The maximum Gasteiger partial charge on any atom is 0.352 e. The van der Waals surface area contributed by atoms with E-state index in [9.17, 15) is 0 Å². The number of hydrogen-bond acceptors (Lipinski definition) is 4. The highest BCUT2D eigenvalue weighted by atomic mass is 28.5. The van der Waals surface area contributed by atoms with Crippen LogP contribution in [-0.4, -0.2) is 34.2 Å². The second kappa shape index (κ2) is 12.5. The Hall–Kier alpha value is -3.45. The lowest BCUT2D eigenvalue weighted by Crippen LogP contribution is -2.77. The normalized spacial score (nSPS) is 27.0. The van der Waals surface area contributed by atoms with Crippen LogP contribution in [0.25, 0.3) is 24.3 Å². The molecule has 1 aliphatic rings. The highest BCUT2D eigenvalue weighted by Gasteiger charge is 2.59. The van der Waals surface area contributed by atoms with E-state index in [1.165, 1.54) is 0 Å². The summed E-state index contributed by atoms with van der Waals surface area (Å²) >= 11 is 0. The molecular weight excluding hydrogens is 609 g/mol. The van der Waals surface area contributed by atoms with Gasteiger partial charge in [0.2, 0.25) is 0 Å². The fourth-order valence-electron chi connectivity index (χ4n) is 5.73. The molecule has 4 aromatic rings. The average molecular weight is 649 g/mol. The molecule has 0 aromatic heterocycles. The minimum absolute atomic E-state index is 1.01. The Morgan fingerprint density at radius 1 is 0.341 bits per heavy atom. The molecule has 44 heavy (non-hydrogen) atoms. The predicted molar refractivity (Wildman–Crippen MR) is 195 cm³/mol. The van der Waals surface area contributed by atoms with E-state index < -0.39 is 34.2 Å². The molecule has 4 nitrogen and oxygen atoms in total. The molecule has 5 rings (SSSR count). The molecule has 224 valence electrons. The Morgan fingerprint density at radius 2 is 0.500 bits per heavy atom. The summed E-state index contributed by atoms with van der Waals surface area (Å²) in [6, 6.07) is 33.3. The summed E-state index contributed by atoms with van der Waals surface area (Å²) in [4.78, 5) is 0. The summed E-state index contributed by atoms with van der Waals surface area (Å²) in [6.07, 6.45) is 7.37. The van der Waals surface area contributed by atoms with Gasteiger partial charge < -0.3 is 16.5 Å². The van der Waals surface area contributed by atoms with Gasteiger partial charge in [-0.15, -0.1) is 0 Å². The average Bonchev–Trinajstić information content (AvgIpc) is 3.04. The van der Waals surface area contributed by atoms with E-state index >= 15 is 0 Å². The van der Waals surface area contributed by atoms with Crippen LogP contribution in [0.15, 0.2) is 123 Å². The zero-order valence-electron chi connectivity index (χ0n) is 26.0. The SMILES string of the molecule is C=Cc1ccc([Si]2(C)O[Si](C)(c3ccc(C=C)cc3)O[Si](C)(c3ccc(C=C)cc3)O[Si](C)(c3ccc(C=C)cc3)O2)cc1. The van der Waals surface area contributed by atoms with Gasteiger partial charge in [-0.2, -0.15) is 0 Å². The highest BCUT2D eigenvalue weighted by Crippen LogP contribution is 2.31. The van der Waals surface area contributed by atoms with E-state index in [1.54, 1.807) is 0 Å². The first kappa shape index (κ1) is 32.0. The molecule has 0 radical (unpaired) electrons. The summed E-state index contributed by atoms with van der Waals surface area (Å²) in [5.74, 6) is 0. The Labute approximate surface area is 266 Å². The van der Waals surface area contributed by atoms with Gasteiger partial charge in [-0.1, -0.05) is 148 Å². The topological polar surface area (TPSA) is 36.9 Å². The smallest absolute Gasteiger partial charge is 0.352 e. The number of benzene rings is 4. The van der Waals surface area contributed by atoms with Crippen molar-refractivity contribution in [3.63, 3.8) is 0 Å². The summed E-state index contributed by atoms with van der Waals surface area (Å²) in [6.45, 7) is 24.2. The Morgan fingerprint density at radius 3 is 0.636 bits per heavy atom. The van der Waals surface area contributed by atoms with E-state index in [1.807, 2.05) is 24.3 Å². The summed E-state index contributed by atoms with van der Waals surface area (Å²) in [5.41, 5.74) is 4.14. The van der Waals surface area contributed by atoms with Gasteiger partial charge in [0.05, 0.1) is 0 Å². The summed E-state index contributed by atoms with van der Waals surface area (Å²) in [5, 5.41) is 4.05. The zero-order chi connectivity index (χ0) is 31.6. The number of hydrogen-bond donors (Lipinski definition) is 0. The van der Waals surface area contributed by atoms with E-state index in [0.717, 1.165) is 43.0 Å². The second-order valence-corrected chi connectivity index (χ2v) is 24.6. The standard InChI is InChI=1S/C36H40O4Si4/c1-9-29-13-21-33(22-14-29)41(5)37-42(6,34-23-15-30(10-2)16-24-34)39-44(8,36-27-19-32(12-4)20-28-36)40-43(7,38-41)35-25-17-31(11-3)18-26-35/h9-28H,1-4H2,5-8H3. The van der Waals surface area contributed by atoms with Gasteiger partial charge in [0.25, 0.3) is 0 Å². The van der Waals surface area contributed by atoms with Gasteiger partial charge in [-0.25, -0.2) is 0 Å². The van der Waals surface area contributed by atoms with Gasteiger partial charge >= 0.3 is 34.2 Å². The van der Waals surface area contributed by atoms with Crippen molar-refractivity contribution in [2.75, 3.05) is 0 Å². The summed E-state index contributed by atoms with van der Waals surface area (Å²) in [7, 11) is -12.7. The quantitative estimate of drug-likeness (QED) is 0.203. The van der Waals surface area contributed by atoms with Crippen molar-refractivity contribution in [2.24, 2.45) is 0 Å². The minimum atomic E-state index is -3.18. The maximum atomic E-state index is 7.45. The molecule has 0 atom stereocenters. The van der Waals surface area contributed by atoms with Gasteiger partial charge in [-0.05, 0) is 69.2 Å². The van der Waals surface area contributed by atoms with Crippen molar-refractivity contribution in [3.8, 4) is 0 Å². The van der Waals surface area contributed by atoms with Crippen LogP contribution in [-0.2, 0) is 16.5 Å². The zero-order valence-corrected chi connectivity index (χ0v) is 30.0. The third-order valence-electron chi connectivity index (χ3n) is 8.24. The third-order valence-corrected chi connectivity index (χ3v) is 26.2. The molecule has 1 aliphatic heterocycles. The van der Waals surface area contributed by atoms with Crippen molar-refractivity contribution in [1.29, 1.82) is 0 Å². The predicted octanol–water partition coefficient (Wildman–Crippen LogP) is 6.56. The largest absolute Gasteiger partial charge is 0.409 e. The molecule has 1 saturated heterocycles. The first-order chi connectivity index (χ1) is 21.0. The van der Waals surface area contributed by atoms with Gasteiger partial charge in [-0.3, -0.25) is 0 Å². The van der Waals surface area contributed by atoms with E-state index in [-0.39, 0.29) is 0 Å². The molecule has 0 unspecified atom stereocenters. The molecule has 8 heteroatoms. The molecule has 1 heterocycles. The lowest BCUT2D eigenvalue weighted by molar-refractivity contribution is 0.253. The van der Waals surface area contributed by atoms with E-state index in [0.29, 0.717) is 0 Å². The first-order valence-corrected chi connectivity index (χ1v) is 24.0. The van der Waals surface area contributed by atoms with E-state index in [4.69, 9.17) is 16.5 Å². The molecule has 0 aliphatic carbocycles. The fourth-order valence-corrected chi connectivity index (χ4v) is 26.6. The Kier molecular flexibility index (Phi) is 9.08. The van der Waals surface area contributed by atoms with Crippen molar-refractivity contribution in [2.45, 2.75) is 26.2 Å². The minimum Gasteiger partial charge on any atom is -0.409 e. The van der Waals surface area contributed by atoms with Crippen molar-refractivity contribution >= 4 is 79.3 Å². The van der Waals surface area contributed by atoms with Crippen LogP contribution < -0.4 is 20.7 Å². The van der Waals surface area contributed by atoms with Crippen LogP contribution >= 0.6 is 0 Å². The summed E-state index contributed by atoms with van der Waals surface area (Å²) < 4.78 is 29.8. The maximum absolute atomic E-state index is 7.45. The highest BCUT2D eigenvalue weighted by molar-refractivity contribution is 7.05. The molecule has 0 spiro atoms. The Balaban J connectivity index is 1.73. The molecule has 1 fully saturated rings. The molecular formula is C36H40O4Si4. The number of rotatable bonds is 8. The van der Waals surface area contributed by atoms with Crippen LogP contribution in [0.5, 0.6) is 0 Å². The molecule has 0 N–H and O–H groups in total. The van der Waals surface area contributed by atoms with Gasteiger partial charge in [0.15, 0.2) is 0 Å². The Bertz CT molecular complexity index is 1400. The lowest BCUT2D eigenvalue weighted by atomic mass is 10.2.